The topological polar surface area (TPSA) is 86.7 Å². The second-order valence-corrected chi connectivity index (χ2v) is 8.47. The van der Waals surface area contributed by atoms with Crippen LogP contribution < -0.4 is 5.32 Å². The van der Waals surface area contributed by atoms with E-state index in [1.165, 1.54) is 0 Å². The minimum atomic E-state index is -0.762. The minimum Gasteiger partial charge on any atom is -0.481 e. The summed E-state index contributed by atoms with van der Waals surface area (Å²) >= 11 is 1.61. The van der Waals surface area contributed by atoms with Gasteiger partial charge >= 0.3 is 5.97 Å². The Morgan fingerprint density at radius 3 is 2.46 bits per heavy atom. The lowest BCUT2D eigenvalue weighted by atomic mass is 9.91. The van der Waals surface area contributed by atoms with E-state index in [1.54, 1.807) is 16.7 Å². The molecule has 1 fully saturated rings. The van der Waals surface area contributed by atoms with Crippen LogP contribution in [0.2, 0.25) is 0 Å². The number of carboxylic acids is 1. The first-order valence-electron chi connectivity index (χ1n) is 8.57. The molecule has 0 saturated carbocycles. The van der Waals surface area contributed by atoms with Gasteiger partial charge in [0, 0.05) is 25.1 Å². The quantitative estimate of drug-likeness (QED) is 0.618. The van der Waals surface area contributed by atoms with Crippen molar-refractivity contribution < 1.29 is 19.5 Å². The number of amides is 2. The van der Waals surface area contributed by atoms with Crippen LogP contribution in [0.5, 0.6) is 0 Å². The van der Waals surface area contributed by atoms with Gasteiger partial charge < -0.3 is 15.3 Å². The maximum atomic E-state index is 12.4. The normalized spacial score (nSPS) is 17.8. The van der Waals surface area contributed by atoms with Crippen LogP contribution in [0.15, 0.2) is 0 Å². The Hall–Kier alpha value is -1.24. The van der Waals surface area contributed by atoms with Crippen LogP contribution >= 0.6 is 11.8 Å². The van der Waals surface area contributed by atoms with Crippen molar-refractivity contribution in [3.05, 3.63) is 0 Å². The van der Waals surface area contributed by atoms with Crippen LogP contribution in [-0.2, 0) is 14.4 Å². The highest BCUT2D eigenvalue weighted by Gasteiger charge is 2.35. The van der Waals surface area contributed by atoms with Crippen molar-refractivity contribution in [3.63, 3.8) is 0 Å². The SMILES string of the molecule is CC(C)(C)CC(=O)N1CSCC1C(=O)NCCCCCCC(=O)O. The Kier molecular flexibility index (Phi) is 8.59. The highest BCUT2D eigenvalue weighted by molar-refractivity contribution is 7.99. The Morgan fingerprint density at radius 2 is 1.83 bits per heavy atom. The molecule has 1 saturated heterocycles. The lowest BCUT2D eigenvalue weighted by Crippen LogP contribution is -2.48. The number of rotatable bonds is 9. The highest BCUT2D eigenvalue weighted by Crippen LogP contribution is 2.26. The van der Waals surface area contributed by atoms with Gasteiger partial charge in [-0.2, -0.15) is 0 Å². The van der Waals surface area contributed by atoms with Gasteiger partial charge in [0.05, 0.1) is 5.88 Å². The second-order valence-electron chi connectivity index (χ2n) is 7.47. The van der Waals surface area contributed by atoms with E-state index in [2.05, 4.69) is 5.32 Å². The van der Waals surface area contributed by atoms with Crippen LogP contribution in [0.4, 0.5) is 0 Å². The standard InChI is InChI=1S/C17H30N2O4S/c1-17(2,3)10-14(20)19-12-24-11-13(19)16(23)18-9-7-5-4-6-8-15(21)22/h13H,4-12H2,1-3H3,(H,18,23)(H,21,22). The molecule has 0 aliphatic carbocycles. The fourth-order valence-electron chi connectivity index (χ4n) is 2.55. The maximum absolute atomic E-state index is 12.4. The second kappa shape index (κ2) is 9.91. The number of nitrogens with one attached hydrogen (secondary N) is 1. The summed E-state index contributed by atoms with van der Waals surface area (Å²) in [6.45, 7) is 6.64. The molecule has 2 N–H and O–H groups in total. The number of carboxylic acid groups (broad SMARTS) is 1. The molecule has 0 bridgehead atoms. The average molecular weight is 359 g/mol. The molecule has 0 aromatic rings. The van der Waals surface area contributed by atoms with Crippen molar-refractivity contribution in [3.8, 4) is 0 Å². The van der Waals surface area contributed by atoms with Gasteiger partial charge in [0.15, 0.2) is 0 Å². The molecule has 1 heterocycles. The predicted octanol–water partition coefficient (Wildman–Crippen LogP) is 2.48. The van der Waals surface area contributed by atoms with Crippen molar-refractivity contribution in [2.45, 2.75) is 65.3 Å². The zero-order valence-electron chi connectivity index (χ0n) is 15.0. The van der Waals surface area contributed by atoms with Crippen LogP contribution in [0.25, 0.3) is 0 Å². The lowest BCUT2D eigenvalue weighted by molar-refractivity contribution is -0.139. The summed E-state index contributed by atoms with van der Waals surface area (Å²) in [5.74, 6) is 0.443. The number of carbonyl (C=O) groups excluding carboxylic acids is 2. The van der Waals surface area contributed by atoms with E-state index in [4.69, 9.17) is 5.11 Å². The molecule has 1 aliphatic heterocycles. The molecule has 2 amide bonds. The number of thioether (sulfide) groups is 1. The first kappa shape index (κ1) is 20.8. The van der Waals surface area contributed by atoms with Gasteiger partial charge in [0.25, 0.3) is 0 Å². The monoisotopic (exact) mass is 358 g/mol. The first-order valence-corrected chi connectivity index (χ1v) is 9.73. The lowest BCUT2D eigenvalue weighted by Gasteiger charge is -2.26. The molecular formula is C17H30N2O4S. The van der Waals surface area contributed by atoms with Crippen molar-refractivity contribution >= 4 is 29.5 Å². The third-order valence-corrected chi connectivity index (χ3v) is 4.82. The minimum absolute atomic E-state index is 0.0429. The molecule has 6 nitrogen and oxygen atoms in total. The van der Waals surface area contributed by atoms with Crippen LogP contribution in [0.1, 0.15) is 59.3 Å². The van der Waals surface area contributed by atoms with E-state index in [0.717, 1.165) is 19.3 Å². The van der Waals surface area contributed by atoms with E-state index < -0.39 is 5.97 Å². The molecule has 1 atom stereocenters. The molecular weight excluding hydrogens is 328 g/mol. The maximum Gasteiger partial charge on any atom is 0.303 e. The summed E-state index contributed by atoms with van der Waals surface area (Å²) in [6, 6.07) is -0.364. The average Bonchev–Trinajstić information content (AvgIpc) is 2.93. The zero-order chi connectivity index (χ0) is 18.2. The largest absolute Gasteiger partial charge is 0.481 e. The summed E-state index contributed by atoms with van der Waals surface area (Å²) in [5, 5.41) is 11.5. The van der Waals surface area contributed by atoms with Crippen molar-refractivity contribution in [2.24, 2.45) is 5.41 Å². The van der Waals surface area contributed by atoms with E-state index in [1.807, 2.05) is 20.8 Å². The van der Waals surface area contributed by atoms with Crippen LogP contribution in [-0.4, -0.2) is 52.0 Å². The van der Waals surface area contributed by atoms with Crippen LogP contribution in [0.3, 0.4) is 0 Å². The zero-order valence-corrected chi connectivity index (χ0v) is 15.8. The van der Waals surface area contributed by atoms with E-state index in [9.17, 15) is 14.4 Å². The molecule has 0 radical (unpaired) electrons. The summed E-state index contributed by atoms with van der Waals surface area (Å²) in [6.07, 6.45) is 3.92. The molecule has 138 valence electrons. The van der Waals surface area contributed by atoms with Gasteiger partial charge in [-0.05, 0) is 18.3 Å². The summed E-state index contributed by atoms with van der Waals surface area (Å²) in [7, 11) is 0. The molecule has 0 aromatic carbocycles. The number of carbonyl (C=O) groups is 3. The van der Waals surface area contributed by atoms with Gasteiger partial charge in [0.1, 0.15) is 6.04 Å². The predicted molar refractivity (Wildman–Crippen MR) is 95.8 cm³/mol. The summed E-state index contributed by atoms with van der Waals surface area (Å²) in [5.41, 5.74) is -0.0820. The number of nitrogens with zero attached hydrogens (tertiary/aromatic N) is 1. The van der Waals surface area contributed by atoms with E-state index in [-0.39, 0.29) is 29.7 Å². The highest BCUT2D eigenvalue weighted by atomic mass is 32.2. The smallest absolute Gasteiger partial charge is 0.303 e. The fraction of sp³-hybridized carbons (Fsp3) is 0.824. The van der Waals surface area contributed by atoms with Gasteiger partial charge in [-0.1, -0.05) is 33.6 Å². The molecule has 0 spiro atoms. The van der Waals surface area contributed by atoms with Crippen LogP contribution in [0, 0.1) is 5.41 Å². The molecule has 0 aromatic heterocycles. The number of aliphatic carboxylic acids is 1. The molecule has 1 rings (SSSR count). The third kappa shape index (κ3) is 8.04. The van der Waals surface area contributed by atoms with Crippen molar-refractivity contribution in [1.82, 2.24) is 10.2 Å². The van der Waals surface area contributed by atoms with Gasteiger partial charge in [-0.25, -0.2) is 0 Å². The van der Waals surface area contributed by atoms with Gasteiger partial charge in [0.2, 0.25) is 11.8 Å². The summed E-state index contributed by atoms with van der Waals surface area (Å²) in [4.78, 5) is 36.8. The molecule has 7 heteroatoms. The summed E-state index contributed by atoms with van der Waals surface area (Å²) < 4.78 is 0. The molecule has 24 heavy (non-hydrogen) atoms. The number of hydrogen-bond acceptors (Lipinski definition) is 4. The molecule has 1 unspecified atom stereocenters. The Balaban J connectivity index is 2.28. The van der Waals surface area contributed by atoms with E-state index >= 15 is 0 Å². The fourth-order valence-corrected chi connectivity index (χ4v) is 3.73. The number of unbranched alkanes of at least 4 members (excludes halogenated alkanes) is 3. The van der Waals surface area contributed by atoms with Gasteiger partial charge in [-0.3, -0.25) is 14.4 Å². The Morgan fingerprint density at radius 1 is 1.17 bits per heavy atom. The van der Waals surface area contributed by atoms with E-state index in [0.29, 0.717) is 31.0 Å². The van der Waals surface area contributed by atoms with Crippen molar-refractivity contribution in [1.29, 1.82) is 0 Å². The van der Waals surface area contributed by atoms with Crippen molar-refractivity contribution in [2.75, 3.05) is 18.2 Å². The van der Waals surface area contributed by atoms with Gasteiger partial charge in [-0.15, -0.1) is 11.8 Å². The Labute approximate surface area is 148 Å². The third-order valence-electron chi connectivity index (χ3n) is 3.80. The first-order chi connectivity index (χ1) is 11.2. The number of hydrogen-bond donors (Lipinski definition) is 2. The Bertz CT molecular complexity index is 448. The molecule has 1 aliphatic rings.